The molecule has 0 aromatic carbocycles. The zero-order chi connectivity index (χ0) is 12.0. The van der Waals surface area contributed by atoms with Gasteiger partial charge in [-0.2, -0.15) is 0 Å². The average molecular weight is 250 g/mol. The summed E-state index contributed by atoms with van der Waals surface area (Å²) < 4.78 is 6.07. The number of rotatable bonds is 1. The fourth-order valence-corrected chi connectivity index (χ4v) is 4.82. The molecule has 0 radical (unpaired) electrons. The third-order valence-electron chi connectivity index (χ3n) is 5.73. The van der Waals surface area contributed by atoms with Gasteiger partial charge >= 0.3 is 0 Å². The van der Waals surface area contributed by atoms with Gasteiger partial charge in [0.25, 0.3) is 0 Å². The van der Waals surface area contributed by atoms with E-state index in [0.29, 0.717) is 17.7 Å². The van der Waals surface area contributed by atoms with Crippen LogP contribution in [0.4, 0.5) is 0 Å². The molecule has 3 aliphatic heterocycles. The van der Waals surface area contributed by atoms with E-state index in [-0.39, 0.29) is 0 Å². The van der Waals surface area contributed by atoms with Crippen LogP contribution in [0.2, 0.25) is 0 Å². The molecule has 3 nitrogen and oxygen atoms in total. The Morgan fingerprint density at radius 3 is 2.72 bits per heavy atom. The van der Waals surface area contributed by atoms with E-state index in [1.807, 2.05) is 0 Å². The molecule has 1 aliphatic carbocycles. The Morgan fingerprint density at radius 1 is 1.11 bits per heavy atom. The highest BCUT2D eigenvalue weighted by molar-refractivity contribution is 5.02. The maximum absolute atomic E-state index is 6.07. The molecule has 0 aromatic rings. The van der Waals surface area contributed by atoms with Crippen molar-refractivity contribution in [2.75, 3.05) is 19.6 Å². The number of nitrogens with zero attached hydrogens (tertiary/aromatic N) is 1. The predicted molar refractivity (Wildman–Crippen MR) is 71.7 cm³/mol. The van der Waals surface area contributed by atoms with Crippen molar-refractivity contribution >= 4 is 0 Å². The van der Waals surface area contributed by atoms with Gasteiger partial charge in [0.2, 0.25) is 0 Å². The SMILES string of the molecule is C1CNC2(CCCC2)CN(C2CC3CCC2O3)C1. The highest BCUT2D eigenvalue weighted by Gasteiger charge is 2.46. The Balaban J connectivity index is 1.50. The van der Waals surface area contributed by atoms with Crippen molar-refractivity contribution in [1.82, 2.24) is 10.2 Å². The molecule has 4 aliphatic rings. The van der Waals surface area contributed by atoms with Crippen LogP contribution in [-0.2, 0) is 4.74 Å². The van der Waals surface area contributed by atoms with Crippen molar-refractivity contribution in [2.24, 2.45) is 0 Å². The first-order valence-corrected chi connectivity index (χ1v) is 7.99. The molecular weight excluding hydrogens is 224 g/mol. The normalized spacial score (nSPS) is 43.7. The van der Waals surface area contributed by atoms with Crippen molar-refractivity contribution in [3.63, 3.8) is 0 Å². The van der Waals surface area contributed by atoms with Gasteiger partial charge in [0.05, 0.1) is 12.2 Å². The number of hydrogen-bond donors (Lipinski definition) is 1. The van der Waals surface area contributed by atoms with Crippen LogP contribution in [0, 0.1) is 0 Å². The van der Waals surface area contributed by atoms with Crippen LogP contribution in [-0.4, -0.2) is 48.3 Å². The van der Waals surface area contributed by atoms with Gasteiger partial charge in [-0.25, -0.2) is 0 Å². The monoisotopic (exact) mass is 250 g/mol. The van der Waals surface area contributed by atoms with Crippen LogP contribution in [0.1, 0.15) is 51.4 Å². The lowest BCUT2D eigenvalue weighted by atomic mass is 9.91. The molecule has 0 amide bonds. The fraction of sp³-hybridized carbons (Fsp3) is 1.00. The number of fused-ring (bicyclic) bond motifs is 2. The van der Waals surface area contributed by atoms with Crippen molar-refractivity contribution < 1.29 is 4.74 Å². The van der Waals surface area contributed by atoms with Gasteiger partial charge in [0.15, 0.2) is 0 Å². The minimum Gasteiger partial charge on any atom is -0.373 e. The van der Waals surface area contributed by atoms with E-state index in [9.17, 15) is 0 Å². The summed E-state index contributed by atoms with van der Waals surface area (Å²) in [6.07, 6.45) is 12.0. The second-order valence-corrected chi connectivity index (χ2v) is 6.92. The number of nitrogens with one attached hydrogen (secondary N) is 1. The van der Waals surface area contributed by atoms with E-state index < -0.39 is 0 Å². The minimum atomic E-state index is 0.457. The van der Waals surface area contributed by atoms with Crippen LogP contribution in [0.25, 0.3) is 0 Å². The van der Waals surface area contributed by atoms with E-state index in [4.69, 9.17) is 4.74 Å². The highest BCUT2D eigenvalue weighted by Crippen LogP contribution is 2.39. The third-order valence-corrected chi connectivity index (χ3v) is 5.73. The lowest BCUT2D eigenvalue weighted by Gasteiger charge is -2.38. The molecule has 1 N–H and O–H groups in total. The largest absolute Gasteiger partial charge is 0.373 e. The third kappa shape index (κ3) is 1.91. The summed E-state index contributed by atoms with van der Waals surface area (Å²) in [4.78, 5) is 2.79. The van der Waals surface area contributed by atoms with Crippen LogP contribution in [0.15, 0.2) is 0 Å². The maximum atomic E-state index is 6.07. The number of hydrogen-bond acceptors (Lipinski definition) is 3. The first-order chi connectivity index (χ1) is 8.85. The molecule has 3 unspecified atom stereocenters. The molecule has 0 aromatic heterocycles. The van der Waals surface area contributed by atoms with Gasteiger partial charge in [-0.15, -0.1) is 0 Å². The van der Waals surface area contributed by atoms with E-state index in [2.05, 4.69) is 10.2 Å². The maximum Gasteiger partial charge on any atom is 0.0735 e. The second kappa shape index (κ2) is 4.46. The Kier molecular flexibility index (Phi) is 2.90. The Morgan fingerprint density at radius 2 is 2.00 bits per heavy atom. The highest BCUT2D eigenvalue weighted by atomic mass is 16.5. The van der Waals surface area contributed by atoms with Gasteiger partial charge in [0, 0.05) is 18.1 Å². The molecular formula is C15H26N2O. The Hall–Kier alpha value is -0.120. The number of ether oxygens (including phenoxy) is 1. The van der Waals surface area contributed by atoms with Gasteiger partial charge < -0.3 is 10.1 Å². The van der Waals surface area contributed by atoms with Gasteiger partial charge in [-0.1, -0.05) is 12.8 Å². The van der Waals surface area contributed by atoms with Gasteiger partial charge in [0.1, 0.15) is 0 Å². The summed E-state index contributed by atoms with van der Waals surface area (Å²) in [6, 6.07) is 0.737. The van der Waals surface area contributed by atoms with Crippen LogP contribution >= 0.6 is 0 Å². The average Bonchev–Trinajstić information content (AvgIpc) is 3.05. The molecule has 3 heterocycles. The van der Waals surface area contributed by atoms with Crippen LogP contribution < -0.4 is 5.32 Å². The second-order valence-electron chi connectivity index (χ2n) is 6.92. The smallest absolute Gasteiger partial charge is 0.0735 e. The summed E-state index contributed by atoms with van der Waals surface area (Å²) in [5.41, 5.74) is 0.457. The van der Waals surface area contributed by atoms with Gasteiger partial charge in [-0.05, 0) is 51.6 Å². The molecule has 3 saturated heterocycles. The molecule has 1 spiro atoms. The molecule has 1 saturated carbocycles. The lowest BCUT2D eigenvalue weighted by Crippen LogP contribution is -2.53. The first kappa shape index (κ1) is 11.7. The summed E-state index contributed by atoms with van der Waals surface area (Å²) in [6.45, 7) is 3.79. The quantitative estimate of drug-likeness (QED) is 0.769. The van der Waals surface area contributed by atoms with E-state index in [1.165, 1.54) is 71.0 Å². The molecule has 102 valence electrons. The van der Waals surface area contributed by atoms with Crippen molar-refractivity contribution in [3.05, 3.63) is 0 Å². The molecule has 4 fully saturated rings. The summed E-state index contributed by atoms with van der Waals surface area (Å²) in [5.74, 6) is 0. The summed E-state index contributed by atoms with van der Waals surface area (Å²) >= 11 is 0. The molecule has 18 heavy (non-hydrogen) atoms. The zero-order valence-corrected chi connectivity index (χ0v) is 11.4. The van der Waals surface area contributed by atoms with E-state index in [0.717, 1.165) is 6.04 Å². The fourth-order valence-electron chi connectivity index (χ4n) is 4.82. The molecule has 2 bridgehead atoms. The van der Waals surface area contributed by atoms with E-state index >= 15 is 0 Å². The Bertz CT molecular complexity index is 314. The molecule has 3 atom stereocenters. The summed E-state index contributed by atoms with van der Waals surface area (Å²) in [5, 5.41) is 3.87. The zero-order valence-electron chi connectivity index (χ0n) is 11.4. The van der Waals surface area contributed by atoms with E-state index in [1.54, 1.807) is 0 Å². The molecule has 3 heteroatoms. The summed E-state index contributed by atoms with van der Waals surface area (Å²) in [7, 11) is 0. The van der Waals surface area contributed by atoms with Crippen molar-refractivity contribution in [3.8, 4) is 0 Å². The predicted octanol–water partition coefficient (Wildman–Crippen LogP) is 1.91. The van der Waals surface area contributed by atoms with Crippen LogP contribution in [0.3, 0.4) is 0 Å². The van der Waals surface area contributed by atoms with Crippen molar-refractivity contribution in [1.29, 1.82) is 0 Å². The molecule has 4 rings (SSSR count). The lowest BCUT2D eigenvalue weighted by molar-refractivity contribution is 0.0629. The van der Waals surface area contributed by atoms with Gasteiger partial charge in [-0.3, -0.25) is 4.90 Å². The topological polar surface area (TPSA) is 24.5 Å². The van der Waals surface area contributed by atoms with Crippen LogP contribution in [0.5, 0.6) is 0 Å². The standard InChI is InChI=1S/C15H26N2O/c1-2-7-15(6-1)11-17(9-3-8-16-15)13-10-12-4-5-14(13)18-12/h12-14,16H,1-11H2. The van der Waals surface area contributed by atoms with Crippen molar-refractivity contribution in [2.45, 2.75) is 75.2 Å². The minimum absolute atomic E-state index is 0.457. The first-order valence-electron chi connectivity index (χ1n) is 7.99. The Labute approximate surface area is 110 Å².